The van der Waals surface area contributed by atoms with Crippen LogP contribution in [0.3, 0.4) is 0 Å². The zero-order valence-electron chi connectivity index (χ0n) is 12.3. The van der Waals surface area contributed by atoms with Crippen molar-refractivity contribution in [3.63, 3.8) is 0 Å². The first-order valence-electron chi connectivity index (χ1n) is 7.10. The van der Waals surface area contributed by atoms with Crippen molar-refractivity contribution in [3.05, 3.63) is 65.7 Å². The number of ether oxygens (including phenoxy) is 1. The summed E-state index contributed by atoms with van der Waals surface area (Å²) in [4.78, 5) is 0. The summed E-state index contributed by atoms with van der Waals surface area (Å²) < 4.78 is 5.90. The molecule has 0 radical (unpaired) electrons. The highest BCUT2D eigenvalue weighted by molar-refractivity contribution is 5.32. The first-order valence-corrected chi connectivity index (χ1v) is 7.10. The van der Waals surface area contributed by atoms with E-state index in [1.165, 1.54) is 11.1 Å². The fourth-order valence-electron chi connectivity index (χ4n) is 2.31. The number of benzene rings is 2. The lowest BCUT2D eigenvalue weighted by Crippen LogP contribution is -2.33. The molecule has 2 aromatic carbocycles. The van der Waals surface area contributed by atoms with Crippen LogP contribution in [0.2, 0.25) is 0 Å². The Bertz CT molecular complexity index is 538. The van der Waals surface area contributed by atoms with Crippen LogP contribution in [0, 0.1) is 6.92 Å². The first-order chi connectivity index (χ1) is 9.65. The van der Waals surface area contributed by atoms with Crippen molar-refractivity contribution < 1.29 is 4.74 Å². The number of hydrogen-bond acceptors (Lipinski definition) is 2. The van der Waals surface area contributed by atoms with Gasteiger partial charge >= 0.3 is 0 Å². The highest BCUT2D eigenvalue weighted by atomic mass is 16.5. The molecule has 1 unspecified atom stereocenters. The van der Waals surface area contributed by atoms with E-state index in [9.17, 15) is 0 Å². The van der Waals surface area contributed by atoms with Gasteiger partial charge in [0, 0.05) is 12.0 Å². The molecular formula is C18H23NO. The van der Waals surface area contributed by atoms with E-state index in [2.05, 4.69) is 44.2 Å². The molecule has 20 heavy (non-hydrogen) atoms. The number of hydrogen-bond donors (Lipinski definition) is 1. The van der Waals surface area contributed by atoms with Crippen LogP contribution in [0.25, 0.3) is 0 Å². The second kappa shape index (κ2) is 6.58. The fourth-order valence-corrected chi connectivity index (χ4v) is 2.31. The summed E-state index contributed by atoms with van der Waals surface area (Å²) in [5.41, 5.74) is 8.40. The maximum absolute atomic E-state index is 5.99. The molecule has 0 heterocycles. The van der Waals surface area contributed by atoms with E-state index in [1.807, 2.05) is 24.3 Å². The Labute approximate surface area is 121 Å². The molecule has 0 amide bonds. The number of para-hydroxylation sites is 1. The Balaban J connectivity index is 2.00. The molecule has 0 spiro atoms. The molecule has 0 aromatic heterocycles. The van der Waals surface area contributed by atoms with Gasteiger partial charge in [-0.2, -0.15) is 0 Å². The molecule has 0 fully saturated rings. The number of nitrogens with two attached hydrogens (primary N) is 1. The number of aryl methyl sites for hydroxylation is 1. The summed E-state index contributed by atoms with van der Waals surface area (Å²) in [5.74, 6) is 0.958. The molecule has 0 aliphatic rings. The van der Waals surface area contributed by atoms with Crippen LogP contribution in [0.1, 0.15) is 24.5 Å². The van der Waals surface area contributed by atoms with Gasteiger partial charge in [0.15, 0.2) is 0 Å². The van der Waals surface area contributed by atoms with Gasteiger partial charge in [0.25, 0.3) is 0 Å². The SMILES string of the molecule is Cc1ccccc1OCCC(C)(CN)c1ccccc1. The first kappa shape index (κ1) is 14.6. The second-order valence-corrected chi connectivity index (χ2v) is 5.49. The van der Waals surface area contributed by atoms with E-state index in [4.69, 9.17) is 10.5 Å². The molecule has 2 nitrogen and oxygen atoms in total. The van der Waals surface area contributed by atoms with Gasteiger partial charge in [0.1, 0.15) is 5.75 Å². The smallest absolute Gasteiger partial charge is 0.122 e. The van der Waals surface area contributed by atoms with Crippen LogP contribution in [0.15, 0.2) is 54.6 Å². The molecule has 0 aliphatic heterocycles. The lowest BCUT2D eigenvalue weighted by atomic mass is 9.80. The van der Waals surface area contributed by atoms with Gasteiger partial charge in [-0.05, 0) is 30.5 Å². The van der Waals surface area contributed by atoms with Crippen LogP contribution >= 0.6 is 0 Å². The van der Waals surface area contributed by atoms with Crippen molar-refractivity contribution in [1.82, 2.24) is 0 Å². The van der Waals surface area contributed by atoms with Crippen LogP contribution < -0.4 is 10.5 Å². The van der Waals surface area contributed by atoms with Gasteiger partial charge in [-0.1, -0.05) is 55.5 Å². The van der Waals surface area contributed by atoms with Gasteiger partial charge in [-0.3, -0.25) is 0 Å². The van der Waals surface area contributed by atoms with Crippen molar-refractivity contribution in [1.29, 1.82) is 0 Å². The average Bonchev–Trinajstić information content (AvgIpc) is 2.50. The van der Waals surface area contributed by atoms with E-state index < -0.39 is 0 Å². The molecule has 106 valence electrons. The maximum atomic E-state index is 5.99. The molecular weight excluding hydrogens is 246 g/mol. The molecule has 2 N–H and O–H groups in total. The lowest BCUT2D eigenvalue weighted by Gasteiger charge is -2.28. The minimum absolute atomic E-state index is 0.0378. The third-order valence-corrected chi connectivity index (χ3v) is 3.93. The molecule has 0 saturated heterocycles. The van der Waals surface area contributed by atoms with Crippen molar-refractivity contribution in [2.45, 2.75) is 25.7 Å². The molecule has 0 aliphatic carbocycles. The Kier molecular flexibility index (Phi) is 4.80. The fraction of sp³-hybridized carbons (Fsp3) is 0.333. The largest absolute Gasteiger partial charge is 0.493 e. The zero-order valence-corrected chi connectivity index (χ0v) is 12.3. The van der Waals surface area contributed by atoms with Crippen LogP contribution in [0.4, 0.5) is 0 Å². The molecule has 2 aromatic rings. The predicted molar refractivity (Wildman–Crippen MR) is 84.1 cm³/mol. The molecule has 0 bridgehead atoms. The van der Waals surface area contributed by atoms with Gasteiger partial charge < -0.3 is 10.5 Å². The molecule has 2 heteroatoms. The van der Waals surface area contributed by atoms with Gasteiger partial charge in [-0.15, -0.1) is 0 Å². The van der Waals surface area contributed by atoms with E-state index in [0.717, 1.165) is 12.2 Å². The lowest BCUT2D eigenvalue weighted by molar-refractivity contribution is 0.265. The van der Waals surface area contributed by atoms with Gasteiger partial charge in [-0.25, -0.2) is 0 Å². The quantitative estimate of drug-likeness (QED) is 0.868. The summed E-state index contributed by atoms with van der Waals surface area (Å²) in [6.45, 7) is 5.56. The third kappa shape index (κ3) is 3.40. The monoisotopic (exact) mass is 269 g/mol. The summed E-state index contributed by atoms with van der Waals surface area (Å²) in [7, 11) is 0. The average molecular weight is 269 g/mol. The Morgan fingerprint density at radius 3 is 2.30 bits per heavy atom. The topological polar surface area (TPSA) is 35.2 Å². The summed E-state index contributed by atoms with van der Waals surface area (Å²) >= 11 is 0. The molecule has 0 saturated carbocycles. The number of rotatable bonds is 6. The highest BCUT2D eigenvalue weighted by Gasteiger charge is 2.24. The van der Waals surface area contributed by atoms with Crippen molar-refractivity contribution in [2.75, 3.05) is 13.2 Å². The Morgan fingerprint density at radius 2 is 1.65 bits per heavy atom. The van der Waals surface area contributed by atoms with Crippen LogP contribution in [0.5, 0.6) is 5.75 Å². The third-order valence-electron chi connectivity index (χ3n) is 3.93. The van der Waals surface area contributed by atoms with Crippen molar-refractivity contribution in [2.24, 2.45) is 5.73 Å². The summed E-state index contributed by atoms with van der Waals surface area (Å²) in [6.07, 6.45) is 0.905. The van der Waals surface area contributed by atoms with E-state index >= 15 is 0 Å². The van der Waals surface area contributed by atoms with Crippen molar-refractivity contribution in [3.8, 4) is 5.75 Å². The Morgan fingerprint density at radius 1 is 1.00 bits per heavy atom. The van der Waals surface area contributed by atoms with Crippen molar-refractivity contribution >= 4 is 0 Å². The van der Waals surface area contributed by atoms with Gasteiger partial charge in [0.2, 0.25) is 0 Å². The minimum atomic E-state index is -0.0378. The van der Waals surface area contributed by atoms with E-state index in [0.29, 0.717) is 13.2 Å². The van der Waals surface area contributed by atoms with E-state index in [-0.39, 0.29) is 5.41 Å². The molecule has 2 rings (SSSR count). The summed E-state index contributed by atoms with van der Waals surface area (Å²) in [5, 5.41) is 0. The second-order valence-electron chi connectivity index (χ2n) is 5.49. The van der Waals surface area contributed by atoms with Crippen LogP contribution in [-0.4, -0.2) is 13.2 Å². The van der Waals surface area contributed by atoms with Crippen LogP contribution in [-0.2, 0) is 5.41 Å². The normalized spacial score (nSPS) is 13.8. The Hall–Kier alpha value is -1.80. The zero-order chi connectivity index (χ0) is 14.4. The predicted octanol–water partition coefficient (Wildman–Crippen LogP) is 3.68. The van der Waals surface area contributed by atoms with E-state index in [1.54, 1.807) is 0 Å². The standard InChI is InChI=1S/C18H23NO/c1-15-8-6-7-11-17(15)20-13-12-18(2,14-19)16-9-4-3-5-10-16/h3-11H,12-14,19H2,1-2H3. The summed E-state index contributed by atoms with van der Waals surface area (Å²) in [6, 6.07) is 18.5. The van der Waals surface area contributed by atoms with Gasteiger partial charge in [0.05, 0.1) is 6.61 Å². The highest BCUT2D eigenvalue weighted by Crippen LogP contribution is 2.27. The molecule has 1 atom stereocenters. The maximum Gasteiger partial charge on any atom is 0.122 e. The minimum Gasteiger partial charge on any atom is -0.493 e.